The van der Waals surface area contributed by atoms with E-state index >= 15 is 0 Å². The van der Waals surface area contributed by atoms with Gasteiger partial charge in [-0.3, -0.25) is 9.59 Å². The van der Waals surface area contributed by atoms with Gasteiger partial charge < -0.3 is 19.8 Å². The Kier molecular flexibility index (Phi) is 5.34. The monoisotopic (exact) mass is 379 g/mol. The lowest BCUT2D eigenvalue weighted by Gasteiger charge is -2.11. The molecule has 28 heavy (non-hydrogen) atoms. The molecule has 3 aromatic rings. The van der Waals surface area contributed by atoms with Gasteiger partial charge in [-0.1, -0.05) is 24.3 Å². The molecule has 1 atom stereocenters. The summed E-state index contributed by atoms with van der Waals surface area (Å²) in [6.07, 6.45) is 1.02. The largest absolute Gasteiger partial charge is 0.493 e. The molecule has 2 N–H and O–H groups in total. The number of ether oxygens (including phenoxy) is 2. The third-order valence-corrected chi connectivity index (χ3v) is 4.69. The minimum atomic E-state index is -0.433. The van der Waals surface area contributed by atoms with E-state index in [1.54, 1.807) is 24.3 Å². The number of hydrogen-bond donors (Lipinski definition) is 2. The van der Waals surface area contributed by atoms with Crippen LogP contribution in [-0.2, 0) is 11.3 Å². The summed E-state index contributed by atoms with van der Waals surface area (Å²) in [5.41, 5.74) is 1.06. The number of nitrogens with one attached hydrogen (secondary N) is 2. The lowest BCUT2D eigenvalue weighted by molar-refractivity contribution is 0.0940. The zero-order valence-corrected chi connectivity index (χ0v) is 15.3. The molecule has 144 valence electrons. The first-order valence-electron chi connectivity index (χ1n) is 9.26. The van der Waals surface area contributed by atoms with Gasteiger partial charge in [-0.25, -0.2) is 4.98 Å². The Balaban J connectivity index is 1.39. The van der Waals surface area contributed by atoms with Crippen molar-refractivity contribution in [1.82, 2.24) is 15.3 Å². The van der Waals surface area contributed by atoms with Gasteiger partial charge in [0.25, 0.3) is 11.5 Å². The molecule has 0 spiro atoms. The first kappa shape index (κ1) is 18.2. The third-order valence-electron chi connectivity index (χ3n) is 4.69. The second kappa shape index (κ2) is 8.22. The molecule has 0 radical (unpaired) electrons. The number of benzene rings is 2. The van der Waals surface area contributed by atoms with E-state index in [1.165, 1.54) is 0 Å². The molecule has 7 heteroatoms. The predicted molar refractivity (Wildman–Crippen MR) is 104 cm³/mol. The maximum Gasteiger partial charge on any atom is 0.287 e. The molecule has 1 amide bonds. The second-order valence-corrected chi connectivity index (χ2v) is 6.80. The van der Waals surface area contributed by atoms with E-state index in [0.29, 0.717) is 30.0 Å². The van der Waals surface area contributed by atoms with Crippen molar-refractivity contribution in [2.24, 2.45) is 5.92 Å². The Bertz CT molecular complexity index is 1040. The highest BCUT2D eigenvalue weighted by Gasteiger charge is 2.16. The molecule has 4 rings (SSSR count). The smallest absolute Gasteiger partial charge is 0.287 e. The van der Waals surface area contributed by atoms with Crippen LogP contribution < -0.4 is 15.6 Å². The van der Waals surface area contributed by atoms with Crippen molar-refractivity contribution in [3.63, 3.8) is 0 Å². The highest BCUT2D eigenvalue weighted by molar-refractivity contribution is 5.92. The molecule has 2 aromatic carbocycles. The SMILES string of the molecule is O=C(NCc1cccc(OCC2CCOC2)c1)c1nc2ccccc2c(=O)[nH]1. The topological polar surface area (TPSA) is 93.3 Å². The van der Waals surface area contributed by atoms with E-state index in [2.05, 4.69) is 15.3 Å². The minimum absolute atomic E-state index is 0.00246. The van der Waals surface area contributed by atoms with Gasteiger partial charge in [0, 0.05) is 19.1 Å². The fourth-order valence-electron chi connectivity index (χ4n) is 3.13. The molecule has 0 bridgehead atoms. The molecule has 1 aliphatic heterocycles. The van der Waals surface area contributed by atoms with Crippen LogP contribution in [0, 0.1) is 5.92 Å². The van der Waals surface area contributed by atoms with Crippen molar-refractivity contribution in [3.05, 3.63) is 70.3 Å². The lowest BCUT2D eigenvalue weighted by atomic mass is 10.1. The Labute approximate surface area is 161 Å². The van der Waals surface area contributed by atoms with Crippen LogP contribution in [-0.4, -0.2) is 35.7 Å². The molecule has 0 saturated carbocycles. The Hall–Kier alpha value is -3.19. The van der Waals surface area contributed by atoms with Crippen LogP contribution in [0.3, 0.4) is 0 Å². The van der Waals surface area contributed by atoms with Crippen LogP contribution in [0.25, 0.3) is 10.9 Å². The predicted octanol–water partition coefficient (Wildman–Crippen LogP) is 2.27. The van der Waals surface area contributed by atoms with Crippen molar-refractivity contribution < 1.29 is 14.3 Å². The number of hydrogen-bond acceptors (Lipinski definition) is 5. The average molecular weight is 379 g/mol. The molecule has 1 unspecified atom stereocenters. The van der Waals surface area contributed by atoms with Crippen molar-refractivity contribution in [1.29, 1.82) is 0 Å². The molecule has 0 aliphatic carbocycles. The zero-order chi connectivity index (χ0) is 19.3. The maximum atomic E-state index is 12.4. The van der Waals surface area contributed by atoms with Crippen LogP contribution in [0.15, 0.2) is 53.3 Å². The molecule has 1 fully saturated rings. The summed E-state index contributed by atoms with van der Waals surface area (Å²) in [4.78, 5) is 31.3. The minimum Gasteiger partial charge on any atom is -0.493 e. The standard InChI is InChI=1S/C21H21N3O4/c25-20-17-6-1-2-7-18(17)23-19(24-20)21(26)22-11-14-4-3-5-16(10-14)28-13-15-8-9-27-12-15/h1-7,10,15H,8-9,11-13H2,(H,22,26)(H,23,24,25). The zero-order valence-electron chi connectivity index (χ0n) is 15.3. The number of aromatic nitrogens is 2. The van der Waals surface area contributed by atoms with Gasteiger partial charge in [-0.15, -0.1) is 0 Å². The van der Waals surface area contributed by atoms with E-state index in [-0.39, 0.29) is 11.4 Å². The van der Waals surface area contributed by atoms with Gasteiger partial charge in [0.1, 0.15) is 5.75 Å². The van der Waals surface area contributed by atoms with Crippen molar-refractivity contribution in [2.45, 2.75) is 13.0 Å². The Morgan fingerprint density at radius 1 is 1.25 bits per heavy atom. The van der Waals surface area contributed by atoms with Crippen molar-refractivity contribution >= 4 is 16.8 Å². The number of aromatic amines is 1. The van der Waals surface area contributed by atoms with Gasteiger partial charge in [0.05, 0.1) is 24.1 Å². The lowest BCUT2D eigenvalue weighted by Crippen LogP contribution is -2.27. The van der Waals surface area contributed by atoms with E-state index in [4.69, 9.17) is 9.47 Å². The summed E-state index contributed by atoms with van der Waals surface area (Å²) in [5.74, 6) is 0.754. The number of carbonyl (C=O) groups is 1. The van der Waals surface area contributed by atoms with E-state index < -0.39 is 5.91 Å². The van der Waals surface area contributed by atoms with Crippen LogP contribution in [0.2, 0.25) is 0 Å². The van der Waals surface area contributed by atoms with Gasteiger partial charge in [-0.05, 0) is 36.2 Å². The molecule has 7 nitrogen and oxygen atoms in total. The van der Waals surface area contributed by atoms with Crippen molar-refractivity contribution in [2.75, 3.05) is 19.8 Å². The number of rotatable bonds is 6. The summed E-state index contributed by atoms with van der Waals surface area (Å²) in [6, 6.07) is 14.5. The summed E-state index contributed by atoms with van der Waals surface area (Å²) in [7, 11) is 0. The molecule has 1 aromatic heterocycles. The summed E-state index contributed by atoms with van der Waals surface area (Å²) in [5, 5.41) is 3.24. The molecular formula is C21H21N3O4. The second-order valence-electron chi connectivity index (χ2n) is 6.80. The van der Waals surface area contributed by atoms with Crippen LogP contribution in [0.4, 0.5) is 0 Å². The molecule has 1 aliphatic rings. The summed E-state index contributed by atoms with van der Waals surface area (Å²) >= 11 is 0. The van der Waals surface area contributed by atoms with Gasteiger partial charge in [0.2, 0.25) is 0 Å². The van der Waals surface area contributed by atoms with E-state index in [9.17, 15) is 9.59 Å². The number of nitrogens with zero attached hydrogens (tertiary/aromatic N) is 1. The quantitative estimate of drug-likeness (QED) is 0.685. The number of amides is 1. The average Bonchev–Trinajstić information content (AvgIpc) is 3.24. The van der Waals surface area contributed by atoms with Gasteiger partial charge in [0.15, 0.2) is 5.82 Å². The molecule has 2 heterocycles. The Morgan fingerprint density at radius 3 is 3.00 bits per heavy atom. The third kappa shape index (κ3) is 4.20. The first-order chi connectivity index (χ1) is 13.7. The summed E-state index contributed by atoms with van der Waals surface area (Å²) in [6.45, 7) is 2.47. The van der Waals surface area contributed by atoms with Gasteiger partial charge in [-0.2, -0.15) is 0 Å². The van der Waals surface area contributed by atoms with Crippen LogP contribution in [0.5, 0.6) is 5.75 Å². The van der Waals surface area contributed by atoms with E-state index in [0.717, 1.165) is 30.9 Å². The maximum absolute atomic E-state index is 12.4. The highest BCUT2D eigenvalue weighted by Crippen LogP contribution is 2.18. The number of fused-ring (bicyclic) bond motifs is 1. The first-order valence-corrected chi connectivity index (χ1v) is 9.26. The van der Waals surface area contributed by atoms with Crippen LogP contribution in [0.1, 0.15) is 22.6 Å². The van der Waals surface area contributed by atoms with Crippen molar-refractivity contribution in [3.8, 4) is 5.75 Å². The fourth-order valence-corrected chi connectivity index (χ4v) is 3.13. The van der Waals surface area contributed by atoms with Gasteiger partial charge >= 0.3 is 0 Å². The van der Waals surface area contributed by atoms with Crippen LogP contribution >= 0.6 is 0 Å². The normalized spacial score (nSPS) is 16.2. The molecular weight excluding hydrogens is 358 g/mol. The number of H-pyrrole nitrogens is 1. The summed E-state index contributed by atoms with van der Waals surface area (Å²) < 4.78 is 11.2. The highest BCUT2D eigenvalue weighted by atomic mass is 16.5. The molecule has 1 saturated heterocycles. The van der Waals surface area contributed by atoms with E-state index in [1.807, 2.05) is 24.3 Å². The number of carbonyl (C=O) groups excluding carboxylic acids is 1. The number of para-hydroxylation sites is 1. The Morgan fingerprint density at radius 2 is 2.14 bits per heavy atom. The fraction of sp³-hybridized carbons (Fsp3) is 0.286.